The molecule has 2 aliphatic rings. The van der Waals surface area contributed by atoms with Crippen LogP contribution in [0.15, 0.2) is 4.99 Å². The summed E-state index contributed by atoms with van der Waals surface area (Å²) < 4.78 is 0. The average molecular weight is 300 g/mol. The Hall–Kier alpha value is -0.970. The molecule has 0 saturated carbocycles. The number of aliphatic imine (C=N–C) groups is 1. The molecule has 1 fully saturated rings. The van der Waals surface area contributed by atoms with E-state index in [-0.39, 0.29) is 5.15 Å². The zero-order chi connectivity index (χ0) is 12.5. The number of aromatic nitrogens is 1. The molecule has 1 N–H and O–H groups in total. The predicted octanol–water partition coefficient (Wildman–Crippen LogP) is 1.87. The molecule has 3 rings (SSSR count). The number of thiazole rings is 1. The molecule has 0 aromatic carbocycles. The summed E-state index contributed by atoms with van der Waals surface area (Å²) in [6, 6.07) is 2.39. The number of anilines is 1. The Morgan fingerprint density at radius 1 is 1.50 bits per heavy atom. The Kier molecular flexibility index (Phi) is 3.33. The second kappa shape index (κ2) is 4.96. The van der Waals surface area contributed by atoms with Crippen LogP contribution in [-0.4, -0.2) is 46.5 Å². The maximum atomic E-state index is 8.80. The molecule has 0 radical (unpaired) electrons. The number of amidine groups is 1. The van der Waals surface area contributed by atoms with Crippen LogP contribution >= 0.6 is 34.7 Å². The summed E-state index contributed by atoms with van der Waals surface area (Å²) in [5.41, 5.74) is 0. The van der Waals surface area contributed by atoms with Crippen molar-refractivity contribution in [3.05, 3.63) is 10.0 Å². The van der Waals surface area contributed by atoms with Gasteiger partial charge in [-0.2, -0.15) is 5.26 Å². The van der Waals surface area contributed by atoms with Crippen molar-refractivity contribution in [1.29, 1.82) is 5.26 Å². The van der Waals surface area contributed by atoms with Gasteiger partial charge in [-0.3, -0.25) is 4.99 Å². The van der Waals surface area contributed by atoms with Crippen molar-refractivity contribution >= 4 is 45.0 Å². The minimum atomic E-state index is 0.289. The first-order valence-electron chi connectivity index (χ1n) is 5.51. The zero-order valence-electron chi connectivity index (χ0n) is 9.39. The van der Waals surface area contributed by atoms with Crippen molar-refractivity contribution in [3.8, 4) is 6.07 Å². The van der Waals surface area contributed by atoms with Crippen LogP contribution in [-0.2, 0) is 0 Å². The third kappa shape index (κ3) is 2.28. The van der Waals surface area contributed by atoms with Gasteiger partial charge in [-0.05, 0) is 0 Å². The molecule has 5 nitrogen and oxygen atoms in total. The number of thioether (sulfide) groups is 1. The van der Waals surface area contributed by atoms with Crippen molar-refractivity contribution in [1.82, 2.24) is 9.88 Å². The van der Waals surface area contributed by atoms with Gasteiger partial charge in [0.1, 0.15) is 10.9 Å². The number of nitriles is 1. The fraction of sp³-hybridized carbons (Fsp3) is 0.500. The quantitative estimate of drug-likeness (QED) is 0.903. The largest absolute Gasteiger partial charge is 0.355 e. The highest BCUT2D eigenvalue weighted by molar-refractivity contribution is 8.14. The SMILES string of the molecule is N#Cc1sc(NC2CN(C3=NCCS3)C2)nc1Cl. The van der Waals surface area contributed by atoms with Crippen LogP contribution < -0.4 is 5.32 Å². The lowest BCUT2D eigenvalue weighted by Gasteiger charge is -2.40. The van der Waals surface area contributed by atoms with Crippen LogP contribution in [0.5, 0.6) is 0 Å². The van der Waals surface area contributed by atoms with E-state index < -0.39 is 0 Å². The first kappa shape index (κ1) is 12.1. The van der Waals surface area contributed by atoms with E-state index >= 15 is 0 Å². The third-order valence-corrected chi connectivity index (χ3v) is 5.05. The van der Waals surface area contributed by atoms with E-state index in [0.29, 0.717) is 10.9 Å². The minimum absolute atomic E-state index is 0.289. The predicted molar refractivity (Wildman–Crippen MR) is 75.6 cm³/mol. The van der Waals surface area contributed by atoms with Gasteiger partial charge in [0.2, 0.25) is 0 Å². The topological polar surface area (TPSA) is 64.3 Å². The lowest BCUT2D eigenvalue weighted by atomic mass is 10.1. The van der Waals surface area contributed by atoms with E-state index in [1.165, 1.54) is 11.3 Å². The molecule has 94 valence electrons. The van der Waals surface area contributed by atoms with E-state index in [4.69, 9.17) is 16.9 Å². The summed E-state index contributed by atoms with van der Waals surface area (Å²) >= 11 is 8.94. The summed E-state index contributed by atoms with van der Waals surface area (Å²) in [6.45, 7) is 2.80. The summed E-state index contributed by atoms with van der Waals surface area (Å²) in [7, 11) is 0. The van der Waals surface area contributed by atoms with Gasteiger partial charge in [0.05, 0.1) is 12.6 Å². The first-order chi connectivity index (χ1) is 8.76. The number of rotatable bonds is 2. The second-order valence-corrected chi connectivity index (χ2v) is 6.43. The summed E-state index contributed by atoms with van der Waals surface area (Å²) in [6.07, 6.45) is 0. The van der Waals surface area contributed by atoms with Crippen LogP contribution in [0.4, 0.5) is 5.13 Å². The molecule has 8 heteroatoms. The van der Waals surface area contributed by atoms with Crippen LogP contribution in [0.2, 0.25) is 5.15 Å². The molecular weight excluding hydrogens is 290 g/mol. The molecule has 0 aliphatic carbocycles. The summed E-state index contributed by atoms with van der Waals surface area (Å²) in [4.78, 5) is 11.3. The lowest BCUT2D eigenvalue weighted by Crippen LogP contribution is -2.56. The van der Waals surface area contributed by atoms with Gasteiger partial charge in [0, 0.05) is 18.8 Å². The molecule has 1 aromatic rings. The Morgan fingerprint density at radius 2 is 2.33 bits per heavy atom. The van der Waals surface area contributed by atoms with Crippen molar-refractivity contribution < 1.29 is 0 Å². The Balaban J connectivity index is 1.55. The van der Waals surface area contributed by atoms with Crippen molar-refractivity contribution in [2.24, 2.45) is 4.99 Å². The molecule has 1 aromatic heterocycles. The fourth-order valence-electron chi connectivity index (χ4n) is 1.85. The minimum Gasteiger partial charge on any atom is -0.355 e. The molecule has 0 unspecified atom stereocenters. The molecule has 0 amide bonds. The molecule has 2 aliphatic heterocycles. The average Bonchev–Trinajstić information content (AvgIpc) is 2.92. The molecule has 0 atom stereocenters. The summed E-state index contributed by atoms with van der Waals surface area (Å²) in [5, 5.41) is 14.3. The number of nitrogens with one attached hydrogen (secondary N) is 1. The van der Waals surface area contributed by atoms with Crippen molar-refractivity contribution in [2.75, 3.05) is 30.7 Å². The molecule has 3 heterocycles. The van der Waals surface area contributed by atoms with Crippen LogP contribution in [0.3, 0.4) is 0 Å². The highest BCUT2D eigenvalue weighted by atomic mass is 35.5. The Labute approximate surface area is 118 Å². The number of likely N-dealkylation sites (tertiary alicyclic amines) is 1. The maximum absolute atomic E-state index is 8.80. The highest BCUT2D eigenvalue weighted by Gasteiger charge is 2.31. The van der Waals surface area contributed by atoms with E-state index in [1.54, 1.807) is 0 Å². The lowest BCUT2D eigenvalue weighted by molar-refractivity contribution is 0.275. The van der Waals surface area contributed by atoms with Gasteiger partial charge < -0.3 is 10.2 Å². The summed E-state index contributed by atoms with van der Waals surface area (Å²) in [5.74, 6) is 1.09. The van der Waals surface area contributed by atoms with E-state index in [2.05, 4.69) is 20.2 Å². The maximum Gasteiger partial charge on any atom is 0.185 e. The molecular formula is C10H10ClN5S2. The van der Waals surface area contributed by atoms with Gasteiger partial charge in [-0.1, -0.05) is 34.7 Å². The standard InChI is InChI=1S/C10H10ClN5S2/c11-8-7(3-12)18-9(15-8)14-6-4-16(5-6)10-13-1-2-17-10/h6H,1-2,4-5H2,(H,14,15). The number of halogens is 1. The normalized spacial score (nSPS) is 19.3. The first-order valence-corrected chi connectivity index (χ1v) is 7.69. The van der Waals surface area contributed by atoms with E-state index in [9.17, 15) is 0 Å². The highest BCUT2D eigenvalue weighted by Crippen LogP contribution is 2.28. The van der Waals surface area contributed by atoms with Gasteiger partial charge in [-0.25, -0.2) is 4.98 Å². The molecule has 0 spiro atoms. The van der Waals surface area contributed by atoms with Crippen LogP contribution in [0.1, 0.15) is 4.88 Å². The van der Waals surface area contributed by atoms with Crippen LogP contribution in [0, 0.1) is 11.3 Å². The monoisotopic (exact) mass is 299 g/mol. The van der Waals surface area contributed by atoms with Gasteiger partial charge in [0.15, 0.2) is 15.5 Å². The number of hydrogen-bond acceptors (Lipinski definition) is 7. The van der Waals surface area contributed by atoms with Crippen molar-refractivity contribution in [3.63, 3.8) is 0 Å². The van der Waals surface area contributed by atoms with E-state index in [1.807, 2.05) is 17.8 Å². The Bertz CT molecular complexity index is 529. The molecule has 0 bridgehead atoms. The number of nitrogens with zero attached hydrogens (tertiary/aromatic N) is 4. The van der Waals surface area contributed by atoms with Gasteiger partial charge in [-0.15, -0.1) is 0 Å². The Morgan fingerprint density at radius 3 is 2.94 bits per heavy atom. The second-order valence-electron chi connectivity index (χ2n) is 4.01. The van der Waals surface area contributed by atoms with Gasteiger partial charge in [0.25, 0.3) is 0 Å². The van der Waals surface area contributed by atoms with Gasteiger partial charge >= 0.3 is 0 Å². The number of hydrogen-bond donors (Lipinski definition) is 1. The molecule has 1 saturated heterocycles. The zero-order valence-corrected chi connectivity index (χ0v) is 11.8. The third-order valence-electron chi connectivity index (χ3n) is 2.74. The van der Waals surface area contributed by atoms with Crippen molar-refractivity contribution in [2.45, 2.75) is 6.04 Å². The smallest absolute Gasteiger partial charge is 0.185 e. The molecule has 18 heavy (non-hydrogen) atoms. The van der Waals surface area contributed by atoms with Crippen LogP contribution in [0.25, 0.3) is 0 Å². The fourth-order valence-corrected chi connectivity index (χ4v) is 3.75. The van der Waals surface area contributed by atoms with E-state index in [0.717, 1.165) is 35.7 Å².